The average molecular weight is 379 g/mol. The van der Waals surface area contributed by atoms with E-state index in [1.807, 2.05) is 6.92 Å². The number of rotatable bonds is 6. The predicted octanol–water partition coefficient (Wildman–Crippen LogP) is 3.45. The number of pyridine rings is 1. The minimum Gasteiger partial charge on any atom is -0.356 e. The summed E-state index contributed by atoms with van der Waals surface area (Å²) in [6.07, 6.45) is 8.58. The van der Waals surface area contributed by atoms with Gasteiger partial charge in [-0.2, -0.15) is 0 Å². The van der Waals surface area contributed by atoms with Crippen LogP contribution >= 0.6 is 0 Å². The third-order valence-electron chi connectivity index (χ3n) is 5.44. The lowest BCUT2D eigenvalue weighted by Gasteiger charge is -2.33. The molecule has 0 aliphatic carbocycles. The number of aromatic nitrogens is 4. The Kier molecular flexibility index (Phi) is 5.57. The summed E-state index contributed by atoms with van der Waals surface area (Å²) in [6, 6.07) is 6.94. The molecule has 3 aromatic heterocycles. The first-order valence-corrected chi connectivity index (χ1v) is 10.4. The molecule has 0 spiro atoms. The molecule has 6 nitrogen and oxygen atoms in total. The second-order valence-corrected chi connectivity index (χ2v) is 7.86. The molecule has 4 heterocycles. The van der Waals surface area contributed by atoms with Crippen LogP contribution < -0.4 is 10.2 Å². The Morgan fingerprint density at radius 3 is 2.68 bits per heavy atom. The highest BCUT2D eigenvalue weighted by Gasteiger charge is 2.20. The molecule has 1 fully saturated rings. The van der Waals surface area contributed by atoms with Gasteiger partial charge in [0.2, 0.25) is 0 Å². The van der Waals surface area contributed by atoms with Gasteiger partial charge in [-0.25, -0.2) is 15.0 Å². The molecule has 0 aromatic carbocycles. The van der Waals surface area contributed by atoms with Crippen molar-refractivity contribution < 1.29 is 0 Å². The molecule has 1 aliphatic heterocycles. The second kappa shape index (κ2) is 8.27. The predicted molar refractivity (Wildman–Crippen MR) is 113 cm³/mol. The smallest absolute Gasteiger partial charge is 0.137 e. The third kappa shape index (κ3) is 4.33. The molecule has 148 valence electrons. The largest absolute Gasteiger partial charge is 0.356 e. The van der Waals surface area contributed by atoms with Crippen LogP contribution in [-0.2, 0) is 13.0 Å². The topological polar surface area (TPSA) is 58.4 Å². The third-order valence-corrected chi connectivity index (χ3v) is 5.44. The van der Waals surface area contributed by atoms with Gasteiger partial charge in [-0.1, -0.05) is 13.3 Å². The zero-order valence-electron chi connectivity index (χ0n) is 17.1. The van der Waals surface area contributed by atoms with Crippen molar-refractivity contribution in [2.24, 2.45) is 0 Å². The van der Waals surface area contributed by atoms with E-state index in [-0.39, 0.29) is 0 Å². The van der Waals surface area contributed by atoms with E-state index in [4.69, 9.17) is 4.98 Å². The van der Waals surface area contributed by atoms with Gasteiger partial charge in [0.05, 0.1) is 5.69 Å². The second-order valence-electron chi connectivity index (χ2n) is 7.86. The fourth-order valence-electron chi connectivity index (χ4n) is 3.94. The molecule has 1 N–H and O–H groups in total. The molecule has 6 heteroatoms. The van der Waals surface area contributed by atoms with Gasteiger partial charge in [0.15, 0.2) is 0 Å². The molecule has 0 atom stereocenters. The lowest BCUT2D eigenvalue weighted by atomic mass is 10.0. The van der Waals surface area contributed by atoms with E-state index in [0.717, 1.165) is 74.0 Å². The Balaban J connectivity index is 1.32. The maximum absolute atomic E-state index is 4.73. The van der Waals surface area contributed by atoms with Crippen LogP contribution in [0.5, 0.6) is 0 Å². The quantitative estimate of drug-likeness (QED) is 0.712. The normalized spacial score (nSPS) is 15.5. The summed E-state index contributed by atoms with van der Waals surface area (Å²) in [4.78, 5) is 16.4. The molecule has 0 saturated carbocycles. The van der Waals surface area contributed by atoms with Crippen LogP contribution in [0.4, 0.5) is 5.82 Å². The lowest BCUT2D eigenvalue weighted by molar-refractivity contribution is 0.411. The summed E-state index contributed by atoms with van der Waals surface area (Å²) in [7, 11) is 0. The Bertz CT molecular complexity index is 939. The SMILES string of the molecule is CCCc1cc(N2CCC(NCc3cn4ccc(C)cc4n3)CC2)nc(C)n1. The van der Waals surface area contributed by atoms with Gasteiger partial charge < -0.3 is 14.6 Å². The fraction of sp³-hybridized carbons (Fsp3) is 0.500. The first-order valence-electron chi connectivity index (χ1n) is 10.4. The number of piperidine rings is 1. The summed E-state index contributed by atoms with van der Waals surface area (Å²) >= 11 is 0. The lowest BCUT2D eigenvalue weighted by Crippen LogP contribution is -2.42. The van der Waals surface area contributed by atoms with Crippen molar-refractivity contribution in [2.75, 3.05) is 18.0 Å². The summed E-state index contributed by atoms with van der Waals surface area (Å²) < 4.78 is 2.10. The molecular weight excluding hydrogens is 348 g/mol. The van der Waals surface area contributed by atoms with Crippen molar-refractivity contribution in [1.82, 2.24) is 24.7 Å². The van der Waals surface area contributed by atoms with Crippen molar-refractivity contribution in [3.05, 3.63) is 53.4 Å². The molecule has 0 radical (unpaired) electrons. The monoisotopic (exact) mass is 378 g/mol. The Hall–Kier alpha value is -2.47. The summed E-state index contributed by atoms with van der Waals surface area (Å²) in [5, 5.41) is 3.69. The van der Waals surface area contributed by atoms with E-state index < -0.39 is 0 Å². The molecule has 0 unspecified atom stereocenters. The summed E-state index contributed by atoms with van der Waals surface area (Å²) in [6.45, 7) is 9.17. The minimum atomic E-state index is 0.529. The molecule has 3 aromatic rings. The van der Waals surface area contributed by atoms with Crippen molar-refractivity contribution in [1.29, 1.82) is 0 Å². The van der Waals surface area contributed by atoms with Crippen molar-refractivity contribution in [2.45, 2.75) is 59.0 Å². The van der Waals surface area contributed by atoms with E-state index in [1.165, 1.54) is 5.56 Å². The maximum Gasteiger partial charge on any atom is 0.137 e. The fourth-order valence-corrected chi connectivity index (χ4v) is 3.94. The number of aryl methyl sites for hydroxylation is 3. The average Bonchev–Trinajstić information content (AvgIpc) is 3.08. The Morgan fingerprint density at radius 1 is 1.07 bits per heavy atom. The molecule has 0 amide bonds. The number of imidazole rings is 1. The number of hydrogen-bond acceptors (Lipinski definition) is 5. The van der Waals surface area contributed by atoms with Crippen LogP contribution in [0.15, 0.2) is 30.6 Å². The summed E-state index contributed by atoms with van der Waals surface area (Å²) in [5.41, 5.74) is 4.52. The van der Waals surface area contributed by atoms with Crippen molar-refractivity contribution in [3.8, 4) is 0 Å². The maximum atomic E-state index is 4.73. The number of nitrogens with one attached hydrogen (secondary N) is 1. The van der Waals surface area contributed by atoms with E-state index >= 15 is 0 Å². The van der Waals surface area contributed by atoms with Gasteiger partial charge in [0.1, 0.15) is 17.3 Å². The molecule has 28 heavy (non-hydrogen) atoms. The van der Waals surface area contributed by atoms with E-state index in [1.54, 1.807) is 0 Å². The molecular formula is C22H30N6. The van der Waals surface area contributed by atoms with Gasteiger partial charge in [-0.05, 0) is 50.8 Å². The minimum absolute atomic E-state index is 0.529. The van der Waals surface area contributed by atoms with Crippen LogP contribution in [0.3, 0.4) is 0 Å². The zero-order chi connectivity index (χ0) is 19.5. The van der Waals surface area contributed by atoms with E-state index in [0.29, 0.717) is 6.04 Å². The van der Waals surface area contributed by atoms with Crippen LogP contribution in [-0.4, -0.2) is 38.5 Å². The highest BCUT2D eigenvalue weighted by atomic mass is 15.2. The zero-order valence-corrected chi connectivity index (χ0v) is 17.1. The van der Waals surface area contributed by atoms with Gasteiger partial charge >= 0.3 is 0 Å². The first kappa shape index (κ1) is 18.9. The van der Waals surface area contributed by atoms with Gasteiger partial charge in [-0.15, -0.1) is 0 Å². The van der Waals surface area contributed by atoms with Crippen LogP contribution in [0, 0.1) is 13.8 Å². The van der Waals surface area contributed by atoms with Crippen molar-refractivity contribution in [3.63, 3.8) is 0 Å². The first-order chi connectivity index (χ1) is 13.6. The number of fused-ring (bicyclic) bond motifs is 1. The van der Waals surface area contributed by atoms with Crippen molar-refractivity contribution >= 4 is 11.5 Å². The standard InChI is InChI=1S/C22H30N6/c1-4-5-19-13-22(25-17(3)24-19)27-10-7-18(8-11-27)23-14-20-15-28-9-6-16(2)12-21(28)26-20/h6,9,12-13,15,18,23H,4-5,7-8,10-11,14H2,1-3H3. The van der Waals surface area contributed by atoms with E-state index in [9.17, 15) is 0 Å². The van der Waals surface area contributed by atoms with Crippen LogP contribution in [0.25, 0.3) is 5.65 Å². The summed E-state index contributed by atoms with van der Waals surface area (Å²) in [5.74, 6) is 1.97. The van der Waals surface area contributed by atoms with Gasteiger partial charge in [0, 0.05) is 49.8 Å². The molecule has 0 bridgehead atoms. The highest BCUT2D eigenvalue weighted by molar-refractivity contribution is 5.43. The number of hydrogen-bond donors (Lipinski definition) is 1. The Morgan fingerprint density at radius 2 is 1.89 bits per heavy atom. The van der Waals surface area contributed by atoms with Gasteiger partial charge in [-0.3, -0.25) is 0 Å². The number of nitrogens with zero attached hydrogens (tertiary/aromatic N) is 5. The molecule has 1 aliphatic rings. The van der Waals surface area contributed by atoms with Gasteiger partial charge in [0.25, 0.3) is 0 Å². The number of anilines is 1. The molecule has 4 rings (SSSR count). The van der Waals surface area contributed by atoms with Crippen LogP contribution in [0.1, 0.15) is 49.0 Å². The van der Waals surface area contributed by atoms with Crippen LogP contribution in [0.2, 0.25) is 0 Å². The highest BCUT2D eigenvalue weighted by Crippen LogP contribution is 2.20. The molecule has 1 saturated heterocycles. The van der Waals surface area contributed by atoms with E-state index in [2.05, 4.69) is 69.0 Å². The Labute approximate surface area is 167 Å².